The summed E-state index contributed by atoms with van der Waals surface area (Å²) < 4.78 is 0. The van der Waals surface area contributed by atoms with Crippen LogP contribution in [0.15, 0.2) is 0 Å². The third-order valence-corrected chi connectivity index (χ3v) is 4.21. The fraction of sp³-hybridized carbons (Fsp3) is 0.909. The molecule has 0 N–H and O–H groups in total. The minimum atomic E-state index is -0.229. The van der Waals surface area contributed by atoms with Gasteiger partial charge in [0.15, 0.2) is 5.12 Å². The molecule has 0 heterocycles. The van der Waals surface area contributed by atoms with E-state index >= 15 is 0 Å². The van der Waals surface area contributed by atoms with Gasteiger partial charge in [-0.15, -0.1) is 0 Å². The molecule has 0 unspecified atom stereocenters. The topological polar surface area (TPSA) is 17.1 Å². The lowest BCUT2D eigenvalue weighted by molar-refractivity contribution is -0.123. The van der Waals surface area contributed by atoms with E-state index in [0.29, 0.717) is 5.12 Å². The largest absolute Gasteiger partial charge is 0.287 e. The van der Waals surface area contributed by atoms with Crippen molar-refractivity contribution in [2.75, 3.05) is 5.75 Å². The summed E-state index contributed by atoms with van der Waals surface area (Å²) in [5, 5.41) is 0.321. The minimum Gasteiger partial charge on any atom is -0.287 e. The van der Waals surface area contributed by atoms with Crippen LogP contribution in [-0.4, -0.2) is 10.9 Å². The van der Waals surface area contributed by atoms with Crippen molar-refractivity contribution in [2.45, 2.75) is 48.0 Å². The molecule has 0 saturated heterocycles. The smallest absolute Gasteiger partial charge is 0.195 e. The zero-order chi connectivity index (χ0) is 10.7. The Morgan fingerprint density at radius 3 is 1.92 bits per heavy atom. The Morgan fingerprint density at radius 2 is 1.62 bits per heavy atom. The molecule has 0 aliphatic heterocycles. The molecule has 13 heavy (non-hydrogen) atoms. The van der Waals surface area contributed by atoms with Crippen molar-refractivity contribution < 1.29 is 4.79 Å². The molecule has 0 rings (SSSR count). The van der Waals surface area contributed by atoms with E-state index in [0.717, 1.165) is 12.2 Å². The number of thioether (sulfide) groups is 1. The van der Waals surface area contributed by atoms with Crippen LogP contribution in [-0.2, 0) is 4.79 Å². The fourth-order valence-electron chi connectivity index (χ4n) is 0.681. The quantitative estimate of drug-likeness (QED) is 0.693. The summed E-state index contributed by atoms with van der Waals surface area (Å²) in [6.07, 6.45) is 1.07. The number of hydrogen-bond acceptors (Lipinski definition) is 2. The van der Waals surface area contributed by atoms with Crippen molar-refractivity contribution in [3.8, 4) is 0 Å². The summed E-state index contributed by atoms with van der Waals surface area (Å²) in [5.41, 5.74) is -0.183. The predicted molar refractivity (Wildman–Crippen MR) is 61.0 cm³/mol. The van der Waals surface area contributed by atoms with Gasteiger partial charge < -0.3 is 0 Å². The molecule has 78 valence electrons. The van der Waals surface area contributed by atoms with Crippen LogP contribution in [0.1, 0.15) is 48.0 Å². The van der Waals surface area contributed by atoms with Gasteiger partial charge in [0.05, 0.1) is 0 Å². The molecule has 0 radical (unpaired) electrons. The number of carbonyl (C=O) groups excluding carboxylic acids is 1. The van der Waals surface area contributed by atoms with Crippen LogP contribution in [0.4, 0.5) is 0 Å². The molecule has 1 nitrogen and oxygen atoms in total. The summed E-state index contributed by atoms with van der Waals surface area (Å²) in [4.78, 5) is 11.8. The summed E-state index contributed by atoms with van der Waals surface area (Å²) >= 11 is 1.47. The van der Waals surface area contributed by atoms with Gasteiger partial charge in [0.2, 0.25) is 0 Å². The van der Waals surface area contributed by atoms with Crippen LogP contribution in [0.2, 0.25) is 0 Å². The summed E-state index contributed by atoms with van der Waals surface area (Å²) in [6, 6.07) is 0. The van der Waals surface area contributed by atoms with Crippen LogP contribution in [0, 0.1) is 10.8 Å². The van der Waals surface area contributed by atoms with E-state index in [4.69, 9.17) is 0 Å². The van der Waals surface area contributed by atoms with Gasteiger partial charge in [0.25, 0.3) is 0 Å². The first-order valence-corrected chi connectivity index (χ1v) is 5.89. The van der Waals surface area contributed by atoms with Gasteiger partial charge in [-0.1, -0.05) is 53.3 Å². The van der Waals surface area contributed by atoms with Crippen molar-refractivity contribution in [1.29, 1.82) is 0 Å². The van der Waals surface area contributed by atoms with E-state index in [-0.39, 0.29) is 10.8 Å². The Hall–Kier alpha value is 0.0200. The third kappa shape index (κ3) is 3.34. The average Bonchev–Trinajstić information content (AvgIpc) is 1.97. The molecule has 0 fully saturated rings. The van der Waals surface area contributed by atoms with Gasteiger partial charge in [-0.2, -0.15) is 0 Å². The van der Waals surface area contributed by atoms with Gasteiger partial charge in [0.1, 0.15) is 0 Å². The Labute approximate surface area is 86.7 Å². The van der Waals surface area contributed by atoms with E-state index in [1.54, 1.807) is 0 Å². The maximum Gasteiger partial charge on any atom is 0.195 e. The minimum absolute atomic E-state index is 0.0465. The maximum atomic E-state index is 11.8. The third-order valence-electron chi connectivity index (χ3n) is 2.82. The second kappa shape index (κ2) is 4.50. The van der Waals surface area contributed by atoms with Gasteiger partial charge in [0, 0.05) is 11.2 Å². The van der Waals surface area contributed by atoms with Crippen molar-refractivity contribution in [3.63, 3.8) is 0 Å². The lowest BCUT2D eigenvalue weighted by Gasteiger charge is -2.36. The molecule has 0 spiro atoms. The van der Waals surface area contributed by atoms with Gasteiger partial charge in [-0.05, 0) is 11.8 Å². The van der Waals surface area contributed by atoms with Crippen LogP contribution < -0.4 is 0 Å². The van der Waals surface area contributed by atoms with E-state index in [9.17, 15) is 4.79 Å². The van der Waals surface area contributed by atoms with Gasteiger partial charge in [-0.25, -0.2) is 0 Å². The molecule has 0 atom stereocenters. The highest BCUT2D eigenvalue weighted by atomic mass is 32.2. The molecule has 0 saturated carbocycles. The molecule has 2 heteroatoms. The van der Waals surface area contributed by atoms with Crippen LogP contribution in [0.5, 0.6) is 0 Å². The SMILES string of the molecule is CCCSC(=O)C(C)(C)C(C)(C)C. The van der Waals surface area contributed by atoms with E-state index in [1.165, 1.54) is 11.8 Å². The van der Waals surface area contributed by atoms with Crippen molar-refractivity contribution in [1.82, 2.24) is 0 Å². The summed E-state index contributed by atoms with van der Waals surface area (Å²) in [5.74, 6) is 0.943. The first-order chi connectivity index (χ1) is 5.73. The lowest BCUT2D eigenvalue weighted by Crippen LogP contribution is -2.36. The Balaban J connectivity index is 4.37. The lowest BCUT2D eigenvalue weighted by atomic mass is 9.70. The van der Waals surface area contributed by atoms with Crippen LogP contribution in [0.25, 0.3) is 0 Å². The molecule has 0 amide bonds. The first kappa shape index (κ1) is 13.0. The van der Waals surface area contributed by atoms with E-state index < -0.39 is 0 Å². The Bertz CT molecular complexity index is 177. The fourth-order valence-corrected chi connectivity index (χ4v) is 1.74. The monoisotopic (exact) mass is 202 g/mol. The Morgan fingerprint density at radius 1 is 1.15 bits per heavy atom. The second-order valence-corrected chi connectivity index (χ2v) is 6.08. The average molecular weight is 202 g/mol. The number of rotatable bonds is 3. The number of hydrogen-bond donors (Lipinski definition) is 0. The van der Waals surface area contributed by atoms with Crippen molar-refractivity contribution in [3.05, 3.63) is 0 Å². The van der Waals surface area contributed by atoms with Gasteiger partial charge in [-0.3, -0.25) is 4.79 Å². The highest BCUT2D eigenvalue weighted by molar-refractivity contribution is 8.13. The molecule has 0 bridgehead atoms. The molecular formula is C11H22OS. The molecular weight excluding hydrogens is 180 g/mol. The molecule has 0 aromatic rings. The zero-order valence-electron chi connectivity index (χ0n) is 9.73. The predicted octanol–water partition coefficient (Wildman–Crippen LogP) is 3.73. The van der Waals surface area contributed by atoms with Crippen molar-refractivity contribution >= 4 is 16.9 Å². The normalized spacial score (nSPS) is 13.1. The Kier molecular flexibility index (Phi) is 4.50. The van der Waals surface area contributed by atoms with Crippen molar-refractivity contribution in [2.24, 2.45) is 10.8 Å². The van der Waals surface area contributed by atoms with Gasteiger partial charge >= 0.3 is 0 Å². The molecule has 0 aliphatic rings. The van der Waals surface area contributed by atoms with Crippen LogP contribution >= 0.6 is 11.8 Å². The second-order valence-electron chi connectivity index (χ2n) is 5.01. The first-order valence-electron chi connectivity index (χ1n) is 4.90. The van der Waals surface area contributed by atoms with E-state index in [1.807, 2.05) is 13.8 Å². The summed E-state index contributed by atoms with van der Waals surface area (Å²) in [6.45, 7) is 12.5. The standard InChI is InChI=1S/C11H22OS/c1-7-8-13-9(12)11(5,6)10(2,3)4/h7-8H2,1-6H3. The van der Waals surface area contributed by atoms with Crippen LogP contribution in [0.3, 0.4) is 0 Å². The summed E-state index contributed by atoms with van der Waals surface area (Å²) in [7, 11) is 0. The highest BCUT2D eigenvalue weighted by Gasteiger charge is 2.39. The maximum absolute atomic E-state index is 11.8. The highest BCUT2D eigenvalue weighted by Crippen LogP contribution is 2.41. The zero-order valence-corrected chi connectivity index (χ0v) is 10.5. The molecule has 0 aromatic carbocycles. The number of carbonyl (C=O) groups is 1. The molecule has 0 aliphatic carbocycles. The van der Waals surface area contributed by atoms with E-state index in [2.05, 4.69) is 27.7 Å². The molecule has 0 aromatic heterocycles.